The maximum absolute atomic E-state index is 12.8. The third kappa shape index (κ3) is 4.66. The molecule has 2 heterocycles. The first-order valence-corrected chi connectivity index (χ1v) is 12.3. The Morgan fingerprint density at radius 3 is 2.56 bits per heavy atom. The quantitative estimate of drug-likeness (QED) is 0.229. The number of benzene rings is 3. The fraction of sp³-hybridized carbons (Fsp3) is 0.286. The van der Waals surface area contributed by atoms with Crippen molar-refractivity contribution in [3.05, 3.63) is 81.9 Å². The van der Waals surface area contributed by atoms with Gasteiger partial charge < -0.3 is 14.6 Å². The second-order valence-corrected chi connectivity index (χ2v) is 9.24. The number of amides is 1. The van der Waals surface area contributed by atoms with Gasteiger partial charge in [0.25, 0.3) is 11.6 Å². The molecular weight excluding hydrogens is 456 g/mol. The van der Waals surface area contributed by atoms with Gasteiger partial charge in [-0.05, 0) is 79.3 Å². The van der Waals surface area contributed by atoms with Gasteiger partial charge in [-0.15, -0.1) is 0 Å². The number of rotatable bonds is 7. The molecule has 1 aliphatic rings. The van der Waals surface area contributed by atoms with Crippen molar-refractivity contribution in [1.82, 2.24) is 4.98 Å². The number of carbonyl (C=O) groups is 1. The summed E-state index contributed by atoms with van der Waals surface area (Å²) in [6.07, 6.45) is 3.08. The molecule has 1 atom stereocenters. The van der Waals surface area contributed by atoms with E-state index in [-0.39, 0.29) is 11.3 Å². The van der Waals surface area contributed by atoms with Crippen LogP contribution in [0.2, 0.25) is 0 Å². The van der Waals surface area contributed by atoms with E-state index in [2.05, 4.69) is 36.3 Å². The smallest absolute Gasteiger partial charge is 0.293 e. The van der Waals surface area contributed by atoms with Crippen molar-refractivity contribution in [3.8, 4) is 11.5 Å². The van der Waals surface area contributed by atoms with Gasteiger partial charge in [-0.3, -0.25) is 14.9 Å². The molecule has 1 aromatic heterocycles. The van der Waals surface area contributed by atoms with Crippen molar-refractivity contribution in [3.63, 3.8) is 0 Å². The Morgan fingerprint density at radius 2 is 1.86 bits per heavy atom. The van der Waals surface area contributed by atoms with Gasteiger partial charge in [-0.25, -0.2) is 4.98 Å². The molecule has 0 saturated carbocycles. The second kappa shape index (κ2) is 9.81. The van der Waals surface area contributed by atoms with Crippen molar-refractivity contribution in [1.29, 1.82) is 0 Å². The predicted octanol–water partition coefficient (Wildman–Crippen LogP) is 6.77. The van der Waals surface area contributed by atoms with Crippen LogP contribution in [0.3, 0.4) is 0 Å². The number of hydrogen-bond donors (Lipinski definition) is 1. The van der Waals surface area contributed by atoms with Gasteiger partial charge in [0.1, 0.15) is 11.2 Å². The van der Waals surface area contributed by atoms with Crippen molar-refractivity contribution in [2.24, 2.45) is 0 Å². The van der Waals surface area contributed by atoms with Crippen LogP contribution >= 0.6 is 0 Å². The molecule has 36 heavy (non-hydrogen) atoms. The maximum atomic E-state index is 12.8. The van der Waals surface area contributed by atoms with E-state index in [9.17, 15) is 14.9 Å². The minimum atomic E-state index is -0.425. The average Bonchev–Trinajstić information content (AvgIpc) is 3.58. The summed E-state index contributed by atoms with van der Waals surface area (Å²) >= 11 is 0. The summed E-state index contributed by atoms with van der Waals surface area (Å²) < 4.78 is 5.94. The SMILES string of the molecule is CCC(C)c1ccc2oc(-c3ccc(NC(=O)c4ccc(N5CCCC5)c([N+](=O)[O-])c4)cc3)nc2c1. The Bertz CT molecular complexity index is 1420. The first-order chi connectivity index (χ1) is 17.4. The van der Waals surface area contributed by atoms with E-state index in [1.807, 2.05) is 23.1 Å². The summed E-state index contributed by atoms with van der Waals surface area (Å²) in [5, 5.41) is 14.5. The molecule has 8 nitrogen and oxygen atoms in total. The van der Waals surface area contributed by atoms with Gasteiger partial charge in [-0.1, -0.05) is 19.9 Å². The summed E-state index contributed by atoms with van der Waals surface area (Å²) in [7, 11) is 0. The first-order valence-electron chi connectivity index (χ1n) is 12.3. The number of aromatic nitrogens is 1. The lowest BCUT2D eigenvalue weighted by atomic mass is 9.98. The Hall–Kier alpha value is -4.20. The highest BCUT2D eigenvalue weighted by molar-refractivity contribution is 6.05. The Morgan fingerprint density at radius 1 is 1.11 bits per heavy atom. The predicted molar refractivity (Wildman–Crippen MR) is 141 cm³/mol. The number of nitrogens with zero attached hydrogens (tertiary/aromatic N) is 3. The lowest BCUT2D eigenvalue weighted by molar-refractivity contribution is -0.384. The summed E-state index contributed by atoms with van der Waals surface area (Å²) in [5.74, 6) is 0.561. The fourth-order valence-corrected chi connectivity index (χ4v) is 4.55. The van der Waals surface area contributed by atoms with Crippen molar-refractivity contribution >= 4 is 34.1 Å². The molecule has 0 radical (unpaired) electrons. The fourth-order valence-electron chi connectivity index (χ4n) is 4.55. The largest absolute Gasteiger partial charge is 0.436 e. The van der Waals surface area contributed by atoms with Crippen molar-refractivity contribution < 1.29 is 14.1 Å². The zero-order valence-corrected chi connectivity index (χ0v) is 20.4. The highest BCUT2D eigenvalue weighted by Gasteiger charge is 2.24. The van der Waals surface area contributed by atoms with Crippen molar-refractivity contribution in [2.45, 2.75) is 39.0 Å². The third-order valence-corrected chi connectivity index (χ3v) is 6.86. The van der Waals surface area contributed by atoms with E-state index >= 15 is 0 Å². The highest BCUT2D eigenvalue weighted by Crippen LogP contribution is 2.32. The first kappa shape index (κ1) is 23.5. The van der Waals surface area contributed by atoms with Gasteiger partial charge in [0, 0.05) is 36.0 Å². The van der Waals surface area contributed by atoms with Crippen LogP contribution in [0.5, 0.6) is 0 Å². The number of oxazole rings is 1. The standard InChI is InChI=1S/C28H28N4O4/c1-3-18(2)20-9-13-26-23(16-20)30-28(36-26)19-6-10-22(11-7-19)29-27(33)21-8-12-24(25(17-21)32(34)35)31-14-4-5-15-31/h6-13,16-18H,3-5,14-15H2,1-2H3,(H,29,33). The molecule has 1 saturated heterocycles. The van der Waals surface area contributed by atoms with Crippen LogP contribution < -0.4 is 10.2 Å². The van der Waals surface area contributed by atoms with Gasteiger partial charge in [0.05, 0.1) is 4.92 Å². The summed E-state index contributed by atoms with van der Waals surface area (Å²) in [6.45, 7) is 5.93. The molecule has 0 bridgehead atoms. The zero-order valence-electron chi connectivity index (χ0n) is 20.4. The molecule has 184 valence electrons. The van der Waals surface area contributed by atoms with Crippen molar-refractivity contribution in [2.75, 3.05) is 23.3 Å². The van der Waals surface area contributed by atoms with Crippen LogP contribution in [0.15, 0.2) is 65.1 Å². The Balaban J connectivity index is 1.32. The average molecular weight is 485 g/mol. The van der Waals surface area contributed by atoms with Crippen LogP contribution in [0.4, 0.5) is 17.1 Å². The lowest BCUT2D eigenvalue weighted by Gasteiger charge is -2.17. The number of nitro groups is 1. The molecule has 0 aliphatic carbocycles. The number of anilines is 2. The molecule has 5 rings (SSSR count). The number of fused-ring (bicyclic) bond motifs is 1. The van der Waals surface area contributed by atoms with E-state index in [0.717, 1.165) is 49.0 Å². The number of carbonyl (C=O) groups excluding carboxylic acids is 1. The molecule has 1 fully saturated rings. The van der Waals surface area contributed by atoms with E-state index in [1.165, 1.54) is 11.6 Å². The van der Waals surface area contributed by atoms with Gasteiger partial charge in [-0.2, -0.15) is 0 Å². The van der Waals surface area contributed by atoms with E-state index in [0.29, 0.717) is 23.2 Å². The number of nitrogens with one attached hydrogen (secondary N) is 1. The Kier molecular flexibility index (Phi) is 6.41. The van der Waals surface area contributed by atoms with E-state index in [4.69, 9.17) is 4.42 Å². The minimum absolute atomic E-state index is 0.0488. The number of hydrogen-bond acceptors (Lipinski definition) is 6. The zero-order chi connectivity index (χ0) is 25.2. The molecule has 3 aromatic carbocycles. The third-order valence-electron chi connectivity index (χ3n) is 6.86. The molecule has 1 amide bonds. The van der Waals surface area contributed by atoms with Gasteiger partial charge >= 0.3 is 0 Å². The summed E-state index contributed by atoms with van der Waals surface area (Å²) in [6, 6.07) is 17.9. The second-order valence-electron chi connectivity index (χ2n) is 9.24. The van der Waals surface area contributed by atoms with Crippen LogP contribution in [-0.2, 0) is 0 Å². The van der Waals surface area contributed by atoms with E-state index < -0.39 is 10.8 Å². The molecule has 8 heteroatoms. The molecule has 1 N–H and O–H groups in total. The molecule has 4 aromatic rings. The maximum Gasteiger partial charge on any atom is 0.293 e. The topological polar surface area (TPSA) is 102 Å². The summed E-state index contributed by atoms with van der Waals surface area (Å²) in [5.41, 5.74) is 4.90. The number of nitro benzene ring substituents is 1. The molecule has 1 unspecified atom stereocenters. The monoisotopic (exact) mass is 484 g/mol. The van der Waals surface area contributed by atoms with Crippen LogP contribution in [0, 0.1) is 10.1 Å². The van der Waals surface area contributed by atoms with E-state index in [1.54, 1.807) is 24.3 Å². The molecule has 1 aliphatic heterocycles. The van der Waals surface area contributed by atoms with Crippen LogP contribution in [-0.4, -0.2) is 28.9 Å². The minimum Gasteiger partial charge on any atom is -0.436 e. The summed E-state index contributed by atoms with van der Waals surface area (Å²) in [4.78, 5) is 30.7. The molecule has 0 spiro atoms. The van der Waals surface area contributed by atoms with Gasteiger partial charge in [0.15, 0.2) is 5.58 Å². The highest BCUT2D eigenvalue weighted by atomic mass is 16.6. The van der Waals surface area contributed by atoms with Gasteiger partial charge in [0.2, 0.25) is 5.89 Å². The molecular formula is C28H28N4O4. The Labute approximate surface area is 209 Å². The van der Waals surface area contributed by atoms with Crippen LogP contribution in [0.25, 0.3) is 22.6 Å². The normalized spacial score (nSPS) is 14.2. The van der Waals surface area contributed by atoms with Crippen LogP contribution in [0.1, 0.15) is 54.9 Å². The lowest BCUT2D eigenvalue weighted by Crippen LogP contribution is -2.19.